The fourth-order valence-corrected chi connectivity index (χ4v) is 10.9. The van der Waals surface area contributed by atoms with Crippen LogP contribution in [0.2, 0.25) is 0 Å². The van der Waals surface area contributed by atoms with Gasteiger partial charge in [-0.1, -0.05) is 90.4 Å². The molecule has 6 atom stereocenters. The summed E-state index contributed by atoms with van der Waals surface area (Å²) in [4.78, 5) is 53.0. The zero-order valence-electron chi connectivity index (χ0n) is 44.3. The van der Waals surface area contributed by atoms with Gasteiger partial charge in [-0.25, -0.2) is 9.36 Å². The second-order valence-corrected chi connectivity index (χ2v) is 22.4. The molecule has 18 nitrogen and oxygen atoms in total. The van der Waals surface area contributed by atoms with Gasteiger partial charge in [0.2, 0.25) is 0 Å². The molecule has 2 saturated carbocycles. The summed E-state index contributed by atoms with van der Waals surface area (Å²) in [6.07, 6.45) is 13.0. The standard InChI is InChI=1S/2C26H40N4O5/c2*1-15-21(28-35-23(15)19-13-18(33-7)14-20(34-19)26(3,4)5)24(31)27-22-16(2)29(6)30(25(22)32)17-11-9-8-10-12-17/h2*17-20H,8-14H2,1-7H3,(H,27,31)/t2*18-,19-,20+/m10/s1. The van der Waals surface area contributed by atoms with Gasteiger partial charge in [-0.05, 0) is 64.2 Å². The molecule has 2 aliphatic heterocycles. The molecule has 2 N–H and O–H groups in total. The van der Waals surface area contributed by atoms with Crippen molar-refractivity contribution in [3.8, 4) is 0 Å². The number of nitrogens with zero attached hydrogens (tertiary/aromatic N) is 6. The third-order valence-electron chi connectivity index (χ3n) is 15.6. The number of carbonyl (C=O) groups excluding carboxylic acids is 2. The van der Waals surface area contributed by atoms with E-state index >= 15 is 0 Å². The predicted molar refractivity (Wildman–Crippen MR) is 266 cm³/mol. The normalized spacial score (nSPS) is 24.0. The van der Waals surface area contributed by atoms with Crippen LogP contribution >= 0.6 is 0 Å². The molecule has 8 rings (SSSR count). The summed E-state index contributed by atoms with van der Waals surface area (Å²) in [6, 6.07) is 0.331. The van der Waals surface area contributed by atoms with Gasteiger partial charge in [0.15, 0.2) is 22.9 Å². The van der Waals surface area contributed by atoms with Gasteiger partial charge in [0.05, 0.1) is 47.9 Å². The molecular formula is C52H80N8O10. The lowest BCUT2D eigenvalue weighted by Crippen LogP contribution is -2.40. The number of methoxy groups -OCH3 is 2. The summed E-state index contributed by atoms with van der Waals surface area (Å²) >= 11 is 0. The Morgan fingerprint density at radius 1 is 0.571 bits per heavy atom. The van der Waals surface area contributed by atoms with Crippen LogP contribution < -0.4 is 21.8 Å². The maximum absolute atomic E-state index is 13.3. The van der Waals surface area contributed by atoms with Gasteiger partial charge >= 0.3 is 0 Å². The SMILES string of the molecule is CO[C@H]1C[C@@H](C(C)(C)C)O[C@@H](c2onc(C(=O)Nc3c(C)n(C)n(C4CCCCC4)c3=O)c2C)C1.CO[C@H]1C[C@@H](c2onc(C(=O)Nc3c(C)n(C)n(C4CCCCC4)c3=O)c2C)O[C@@H](C(C)(C)C)C1. The van der Waals surface area contributed by atoms with Crippen LogP contribution in [0.25, 0.3) is 0 Å². The molecular weight excluding hydrogens is 897 g/mol. The van der Waals surface area contributed by atoms with Gasteiger partial charge in [0.25, 0.3) is 22.9 Å². The number of anilines is 2. The molecule has 388 valence electrons. The molecule has 2 saturated heterocycles. The Labute approximate surface area is 412 Å². The summed E-state index contributed by atoms with van der Waals surface area (Å²) in [5, 5.41) is 13.8. The van der Waals surface area contributed by atoms with Gasteiger partial charge in [-0.2, -0.15) is 0 Å². The van der Waals surface area contributed by atoms with Gasteiger partial charge in [0.1, 0.15) is 23.6 Å². The Kier molecular flexibility index (Phi) is 16.3. The van der Waals surface area contributed by atoms with Crippen LogP contribution in [0.3, 0.4) is 0 Å². The number of hydrogen-bond acceptors (Lipinski definition) is 12. The minimum atomic E-state index is -0.453. The minimum absolute atomic E-state index is 0.0156. The number of amides is 2. The van der Waals surface area contributed by atoms with Crippen molar-refractivity contribution in [3.05, 3.63) is 66.1 Å². The van der Waals surface area contributed by atoms with Crippen molar-refractivity contribution in [2.24, 2.45) is 24.9 Å². The van der Waals surface area contributed by atoms with Crippen LogP contribution in [-0.4, -0.2) is 79.5 Å². The summed E-state index contributed by atoms with van der Waals surface area (Å²) in [6.45, 7) is 20.2. The van der Waals surface area contributed by atoms with E-state index in [1.807, 2.05) is 51.2 Å². The first-order valence-corrected chi connectivity index (χ1v) is 25.5. The fourth-order valence-electron chi connectivity index (χ4n) is 10.9. The summed E-state index contributed by atoms with van der Waals surface area (Å²) in [5.41, 5.74) is 3.17. The van der Waals surface area contributed by atoms with E-state index in [-0.39, 0.29) is 82.0 Å². The molecule has 2 aliphatic carbocycles. The number of aromatic nitrogens is 6. The Morgan fingerprint density at radius 3 is 1.23 bits per heavy atom. The average molecular weight is 977 g/mol. The van der Waals surface area contributed by atoms with Crippen molar-refractivity contribution in [1.82, 2.24) is 29.0 Å². The van der Waals surface area contributed by atoms with Crippen molar-refractivity contribution in [2.45, 2.75) is 208 Å². The lowest BCUT2D eigenvalue weighted by molar-refractivity contribution is -0.150. The smallest absolute Gasteiger partial charge is 0.291 e. The van der Waals surface area contributed by atoms with Crippen LogP contribution in [-0.2, 0) is 33.0 Å². The van der Waals surface area contributed by atoms with E-state index in [0.717, 1.165) is 75.6 Å². The highest BCUT2D eigenvalue weighted by Gasteiger charge is 2.42. The molecule has 0 radical (unpaired) electrons. The van der Waals surface area contributed by atoms with E-state index in [0.29, 0.717) is 46.9 Å². The van der Waals surface area contributed by atoms with Gasteiger partial charge in [-0.15, -0.1) is 0 Å². The summed E-state index contributed by atoms with van der Waals surface area (Å²) in [5.74, 6) is 0.169. The van der Waals surface area contributed by atoms with Crippen LogP contribution in [0.5, 0.6) is 0 Å². The minimum Gasteiger partial charge on any atom is -0.381 e. The first kappa shape index (κ1) is 53.0. The maximum atomic E-state index is 13.3. The number of nitrogens with one attached hydrogen (secondary N) is 2. The second kappa shape index (κ2) is 21.5. The van der Waals surface area contributed by atoms with Crippen molar-refractivity contribution in [2.75, 3.05) is 24.9 Å². The highest BCUT2D eigenvalue weighted by Crippen LogP contribution is 2.42. The second-order valence-electron chi connectivity index (χ2n) is 22.4. The van der Waals surface area contributed by atoms with Crippen molar-refractivity contribution in [1.29, 1.82) is 0 Å². The molecule has 4 aromatic heterocycles. The highest BCUT2D eigenvalue weighted by molar-refractivity contribution is 6.04. The van der Waals surface area contributed by atoms with Gasteiger partial charge in [0, 0.05) is 65.1 Å². The largest absolute Gasteiger partial charge is 0.381 e. The van der Waals surface area contributed by atoms with Crippen LogP contribution in [0.4, 0.5) is 11.4 Å². The molecule has 0 bridgehead atoms. The molecule has 0 spiro atoms. The topological polar surface area (TPSA) is 201 Å². The fraction of sp³-hybridized carbons (Fsp3) is 0.731. The Balaban J connectivity index is 0.000000206. The quantitative estimate of drug-likeness (QED) is 0.153. The molecule has 0 unspecified atom stereocenters. The maximum Gasteiger partial charge on any atom is 0.291 e. The summed E-state index contributed by atoms with van der Waals surface area (Å²) in [7, 11) is 7.17. The molecule has 4 aliphatic rings. The van der Waals surface area contributed by atoms with Crippen LogP contribution in [0.15, 0.2) is 18.6 Å². The predicted octanol–water partition coefficient (Wildman–Crippen LogP) is 9.66. The molecule has 0 aromatic carbocycles. The molecule has 4 aromatic rings. The van der Waals surface area contributed by atoms with E-state index in [4.69, 9.17) is 28.0 Å². The Hall–Kier alpha value is -4.78. The first-order valence-electron chi connectivity index (χ1n) is 25.5. The molecule has 2 amide bonds. The van der Waals surface area contributed by atoms with E-state index in [9.17, 15) is 19.2 Å². The van der Waals surface area contributed by atoms with Crippen LogP contribution in [0, 0.1) is 38.5 Å². The lowest BCUT2D eigenvalue weighted by Gasteiger charge is -2.40. The number of carbonyl (C=O) groups is 2. The Morgan fingerprint density at radius 2 is 0.914 bits per heavy atom. The number of hydrogen-bond donors (Lipinski definition) is 2. The lowest BCUT2D eigenvalue weighted by atomic mass is 9.82. The highest BCUT2D eigenvalue weighted by atomic mass is 16.5. The van der Waals surface area contributed by atoms with E-state index in [2.05, 4.69) is 62.5 Å². The van der Waals surface area contributed by atoms with Crippen molar-refractivity contribution < 1.29 is 37.6 Å². The van der Waals surface area contributed by atoms with Gasteiger partial charge < -0.3 is 38.6 Å². The average Bonchev–Trinajstić information content (AvgIpc) is 4.03. The van der Waals surface area contributed by atoms with Gasteiger partial charge in [-0.3, -0.25) is 28.5 Å². The number of ether oxygens (including phenoxy) is 4. The third kappa shape index (κ3) is 11.0. The Bertz CT molecular complexity index is 2410. The molecule has 6 heterocycles. The number of rotatable bonds is 10. The zero-order valence-corrected chi connectivity index (χ0v) is 44.3. The van der Waals surface area contributed by atoms with Crippen molar-refractivity contribution >= 4 is 23.2 Å². The molecule has 4 fully saturated rings. The zero-order chi connectivity index (χ0) is 51.0. The molecule has 70 heavy (non-hydrogen) atoms. The van der Waals surface area contributed by atoms with E-state index in [1.165, 1.54) is 12.8 Å². The van der Waals surface area contributed by atoms with Crippen molar-refractivity contribution in [3.63, 3.8) is 0 Å². The molecule has 18 heteroatoms. The first-order chi connectivity index (χ1) is 33.0. The van der Waals surface area contributed by atoms with Crippen LogP contribution in [0.1, 0.15) is 211 Å². The van der Waals surface area contributed by atoms with E-state index in [1.54, 1.807) is 23.6 Å². The monoisotopic (exact) mass is 977 g/mol. The third-order valence-corrected chi connectivity index (χ3v) is 15.6. The summed E-state index contributed by atoms with van der Waals surface area (Å²) < 4.78 is 42.7. The van der Waals surface area contributed by atoms with E-state index < -0.39 is 11.8 Å².